The van der Waals surface area contributed by atoms with Crippen LogP contribution in [-0.2, 0) is 9.53 Å². The van der Waals surface area contributed by atoms with E-state index in [2.05, 4.69) is 0 Å². The van der Waals surface area contributed by atoms with Gasteiger partial charge in [0.2, 0.25) is 0 Å². The highest BCUT2D eigenvalue weighted by Gasteiger charge is 2.41. The molecule has 3 heteroatoms. The summed E-state index contributed by atoms with van der Waals surface area (Å²) in [5.41, 5.74) is 8.29. The van der Waals surface area contributed by atoms with Gasteiger partial charge in [-0.1, -0.05) is 31.2 Å². The highest BCUT2D eigenvalue weighted by atomic mass is 16.5. The third kappa shape index (κ3) is 1.43. The van der Waals surface area contributed by atoms with Gasteiger partial charge >= 0.3 is 5.97 Å². The first kappa shape index (κ1) is 10.2. The number of ether oxygens (including phenoxy) is 1. The Labute approximate surface area is 89.2 Å². The van der Waals surface area contributed by atoms with Crippen LogP contribution in [0.25, 0.3) is 0 Å². The van der Waals surface area contributed by atoms with Crippen LogP contribution in [0.1, 0.15) is 30.0 Å². The van der Waals surface area contributed by atoms with Crippen LogP contribution in [0.15, 0.2) is 24.3 Å². The SMILES string of the molecule is COC(=O)[C@H]1C(C)c2ccccc2[C@H]1N. The predicted octanol–water partition coefficient (Wildman–Crippen LogP) is 1.59. The average Bonchev–Trinajstić information content (AvgIpc) is 2.52. The van der Waals surface area contributed by atoms with Gasteiger partial charge in [0.15, 0.2) is 0 Å². The Morgan fingerprint density at radius 1 is 1.33 bits per heavy atom. The lowest BCUT2D eigenvalue weighted by Gasteiger charge is -2.17. The third-order valence-corrected chi connectivity index (χ3v) is 3.24. The lowest BCUT2D eigenvalue weighted by atomic mass is 9.93. The molecule has 3 nitrogen and oxygen atoms in total. The lowest BCUT2D eigenvalue weighted by Crippen LogP contribution is -2.27. The van der Waals surface area contributed by atoms with E-state index >= 15 is 0 Å². The van der Waals surface area contributed by atoms with Crippen LogP contribution in [0.2, 0.25) is 0 Å². The van der Waals surface area contributed by atoms with Gasteiger partial charge < -0.3 is 10.5 Å². The number of nitrogens with two attached hydrogens (primary N) is 1. The lowest BCUT2D eigenvalue weighted by molar-refractivity contribution is -0.146. The van der Waals surface area contributed by atoms with Gasteiger partial charge in [0.25, 0.3) is 0 Å². The topological polar surface area (TPSA) is 52.3 Å². The van der Waals surface area contributed by atoms with Gasteiger partial charge in [-0.25, -0.2) is 0 Å². The Balaban J connectivity index is 2.40. The maximum absolute atomic E-state index is 11.6. The highest BCUT2D eigenvalue weighted by Crippen LogP contribution is 2.43. The third-order valence-electron chi connectivity index (χ3n) is 3.24. The Morgan fingerprint density at radius 3 is 2.47 bits per heavy atom. The first-order valence-electron chi connectivity index (χ1n) is 5.09. The number of carbonyl (C=O) groups is 1. The molecule has 0 aliphatic heterocycles. The fourth-order valence-electron chi connectivity index (χ4n) is 2.41. The fraction of sp³-hybridized carbons (Fsp3) is 0.417. The second-order valence-electron chi connectivity index (χ2n) is 3.99. The largest absolute Gasteiger partial charge is 0.469 e. The summed E-state index contributed by atoms with van der Waals surface area (Å²) in [5, 5.41) is 0. The quantitative estimate of drug-likeness (QED) is 0.708. The Morgan fingerprint density at radius 2 is 1.93 bits per heavy atom. The molecule has 0 aromatic heterocycles. The van der Waals surface area contributed by atoms with Crippen molar-refractivity contribution in [2.24, 2.45) is 11.7 Å². The Kier molecular flexibility index (Phi) is 2.49. The van der Waals surface area contributed by atoms with Crippen molar-refractivity contribution in [3.05, 3.63) is 35.4 Å². The molecule has 0 radical (unpaired) electrons. The zero-order chi connectivity index (χ0) is 11.0. The van der Waals surface area contributed by atoms with Gasteiger partial charge in [0, 0.05) is 6.04 Å². The van der Waals surface area contributed by atoms with Crippen molar-refractivity contribution in [1.29, 1.82) is 0 Å². The summed E-state index contributed by atoms with van der Waals surface area (Å²) >= 11 is 0. The van der Waals surface area contributed by atoms with E-state index in [0.29, 0.717) is 0 Å². The van der Waals surface area contributed by atoms with E-state index in [1.165, 1.54) is 12.7 Å². The summed E-state index contributed by atoms with van der Waals surface area (Å²) < 4.78 is 4.79. The van der Waals surface area contributed by atoms with Crippen molar-refractivity contribution in [3.63, 3.8) is 0 Å². The van der Waals surface area contributed by atoms with Crippen molar-refractivity contribution >= 4 is 5.97 Å². The number of rotatable bonds is 1. The molecular weight excluding hydrogens is 190 g/mol. The molecule has 1 aliphatic rings. The molecule has 2 N–H and O–H groups in total. The van der Waals surface area contributed by atoms with Gasteiger partial charge in [-0.2, -0.15) is 0 Å². The summed E-state index contributed by atoms with van der Waals surface area (Å²) in [6.07, 6.45) is 0. The second kappa shape index (κ2) is 3.66. The molecule has 0 heterocycles. The van der Waals surface area contributed by atoms with E-state index in [4.69, 9.17) is 10.5 Å². The highest BCUT2D eigenvalue weighted by molar-refractivity contribution is 5.76. The minimum atomic E-state index is -0.243. The summed E-state index contributed by atoms with van der Waals surface area (Å²) in [7, 11) is 1.41. The van der Waals surface area contributed by atoms with Gasteiger partial charge in [-0.15, -0.1) is 0 Å². The van der Waals surface area contributed by atoms with Crippen molar-refractivity contribution in [2.75, 3.05) is 7.11 Å². The van der Waals surface area contributed by atoms with Gasteiger partial charge in [0.1, 0.15) is 0 Å². The summed E-state index contributed by atoms with van der Waals surface area (Å²) in [6, 6.07) is 7.71. The summed E-state index contributed by atoms with van der Waals surface area (Å²) in [4.78, 5) is 11.6. The number of benzene rings is 1. The minimum Gasteiger partial charge on any atom is -0.469 e. The molecular formula is C12H15NO2. The molecule has 0 amide bonds. The van der Waals surface area contributed by atoms with E-state index in [1.807, 2.05) is 31.2 Å². The molecule has 0 saturated heterocycles. The first-order chi connectivity index (χ1) is 7.16. The molecule has 1 aromatic carbocycles. The maximum Gasteiger partial charge on any atom is 0.311 e. The van der Waals surface area contributed by atoms with Crippen LogP contribution in [0.5, 0.6) is 0 Å². The van der Waals surface area contributed by atoms with E-state index in [0.717, 1.165) is 5.56 Å². The van der Waals surface area contributed by atoms with Crippen molar-refractivity contribution < 1.29 is 9.53 Å². The smallest absolute Gasteiger partial charge is 0.311 e. The van der Waals surface area contributed by atoms with Crippen molar-refractivity contribution in [2.45, 2.75) is 18.9 Å². The van der Waals surface area contributed by atoms with Crippen LogP contribution in [0.3, 0.4) is 0 Å². The maximum atomic E-state index is 11.6. The molecule has 3 atom stereocenters. The van der Waals surface area contributed by atoms with Crippen LogP contribution >= 0.6 is 0 Å². The van der Waals surface area contributed by atoms with Crippen LogP contribution in [-0.4, -0.2) is 13.1 Å². The minimum absolute atomic E-state index is 0.142. The summed E-state index contributed by atoms with van der Waals surface area (Å²) in [6.45, 7) is 2.02. The van der Waals surface area contributed by atoms with Gasteiger partial charge in [-0.3, -0.25) is 4.79 Å². The fourth-order valence-corrected chi connectivity index (χ4v) is 2.41. The molecule has 1 unspecified atom stereocenters. The molecule has 0 bridgehead atoms. The van der Waals surface area contributed by atoms with Crippen molar-refractivity contribution in [3.8, 4) is 0 Å². The second-order valence-corrected chi connectivity index (χ2v) is 3.99. The molecule has 0 spiro atoms. The molecule has 2 rings (SSSR count). The van der Waals surface area contributed by atoms with Gasteiger partial charge in [0.05, 0.1) is 13.0 Å². The number of carbonyl (C=O) groups excluding carboxylic acids is 1. The number of esters is 1. The van der Waals surface area contributed by atoms with Crippen LogP contribution in [0, 0.1) is 5.92 Å². The van der Waals surface area contributed by atoms with Crippen LogP contribution < -0.4 is 5.73 Å². The van der Waals surface area contributed by atoms with E-state index < -0.39 is 0 Å². The molecule has 1 aliphatic carbocycles. The predicted molar refractivity (Wildman–Crippen MR) is 57.3 cm³/mol. The van der Waals surface area contributed by atoms with Gasteiger partial charge in [-0.05, 0) is 17.0 Å². The standard InChI is InChI=1S/C12H15NO2/c1-7-8-5-3-4-6-9(8)11(13)10(7)12(14)15-2/h3-7,10-11H,13H2,1-2H3/t7?,10-,11+/m0/s1. The van der Waals surface area contributed by atoms with Crippen molar-refractivity contribution in [1.82, 2.24) is 0 Å². The molecule has 0 saturated carbocycles. The Hall–Kier alpha value is -1.35. The zero-order valence-corrected chi connectivity index (χ0v) is 8.94. The summed E-state index contributed by atoms with van der Waals surface area (Å²) in [5.74, 6) is -0.317. The number of hydrogen-bond donors (Lipinski definition) is 1. The monoisotopic (exact) mass is 205 g/mol. The van der Waals surface area contributed by atoms with Crippen LogP contribution in [0.4, 0.5) is 0 Å². The first-order valence-corrected chi connectivity index (χ1v) is 5.09. The normalized spacial score (nSPS) is 28.6. The Bertz CT molecular complexity index is 360. The number of fused-ring (bicyclic) bond motifs is 1. The van der Waals surface area contributed by atoms with E-state index in [1.54, 1.807) is 0 Å². The number of hydrogen-bond acceptors (Lipinski definition) is 3. The molecule has 1 aromatic rings. The molecule has 15 heavy (non-hydrogen) atoms. The van der Waals surface area contributed by atoms with E-state index in [9.17, 15) is 4.79 Å². The van der Waals surface area contributed by atoms with E-state index in [-0.39, 0.29) is 23.8 Å². The number of methoxy groups -OCH3 is 1. The average molecular weight is 205 g/mol. The molecule has 80 valence electrons. The zero-order valence-electron chi connectivity index (χ0n) is 8.94. The molecule has 0 fully saturated rings.